The summed E-state index contributed by atoms with van der Waals surface area (Å²) in [5.74, 6) is 0.754. The molecular weight excluding hydrogens is 340 g/mol. The molecule has 1 aromatic carbocycles. The molecule has 0 amide bonds. The van der Waals surface area contributed by atoms with Crippen molar-refractivity contribution < 1.29 is 4.74 Å². The topological polar surface area (TPSA) is 78.5 Å². The van der Waals surface area contributed by atoms with Crippen molar-refractivity contribution >= 4 is 11.5 Å². The van der Waals surface area contributed by atoms with E-state index in [2.05, 4.69) is 50.7 Å². The van der Waals surface area contributed by atoms with E-state index in [1.807, 2.05) is 10.5 Å². The van der Waals surface area contributed by atoms with Crippen molar-refractivity contribution in [1.82, 2.24) is 19.5 Å². The molecule has 7 nitrogen and oxygen atoms in total. The first-order chi connectivity index (χ1) is 13.3. The van der Waals surface area contributed by atoms with Gasteiger partial charge in [-0.15, -0.1) is 10.2 Å². The Morgan fingerprint density at radius 2 is 2.11 bits per heavy atom. The van der Waals surface area contributed by atoms with Gasteiger partial charge in [-0.1, -0.05) is 30.3 Å². The Bertz CT molecular complexity index is 976. The van der Waals surface area contributed by atoms with Gasteiger partial charge in [-0.3, -0.25) is 9.30 Å². The molecule has 1 aliphatic rings. The van der Waals surface area contributed by atoms with Crippen molar-refractivity contribution in [2.75, 3.05) is 32.1 Å². The van der Waals surface area contributed by atoms with Gasteiger partial charge in [-0.2, -0.15) is 5.26 Å². The van der Waals surface area contributed by atoms with Gasteiger partial charge in [0, 0.05) is 38.9 Å². The van der Waals surface area contributed by atoms with Crippen molar-refractivity contribution in [3.63, 3.8) is 0 Å². The highest BCUT2D eigenvalue weighted by Gasteiger charge is 2.26. The second-order valence-corrected chi connectivity index (χ2v) is 6.68. The largest absolute Gasteiger partial charge is 0.383 e. The lowest BCUT2D eigenvalue weighted by molar-refractivity contribution is 0.210. The van der Waals surface area contributed by atoms with E-state index < -0.39 is 0 Å². The Morgan fingerprint density at radius 1 is 1.26 bits per heavy atom. The Hall–Kier alpha value is -2.95. The summed E-state index contributed by atoms with van der Waals surface area (Å²) in [5, 5.41) is 21.6. The second kappa shape index (κ2) is 7.74. The summed E-state index contributed by atoms with van der Waals surface area (Å²) in [6.45, 7) is 3.75. The molecule has 0 bridgehead atoms. The quantitative estimate of drug-likeness (QED) is 0.678. The van der Waals surface area contributed by atoms with Crippen molar-refractivity contribution in [3.05, 3.63) is 58.9 Å². The van der Waals surface area contributed by atoms with Crippen LogP contribution >= 0.6 is 0 Å². The zero-order valence-electron chi connectivity index (χ0n) is 15.4. The van der Waals surface area contributed by atoms with E-state index in [-0.39, 0.29) is 0 Å². The number of hydrogen-bond donors (Lipinski definition) is 1. The molecule has 0 fully saturated rings. The monoisotopic (exact) mass is 362 g/mol. The van der Waals surface area contributed by atoms with E-state index >= 15 is 0 Å². The maximum absolute atomic E-state index is 9.84. The van der Waals surface area contributed by atoms with Crippen LogP contribution in [0.15, 0.2) is 36.7 Å². The van der Waals surface area contributed by atoms with Gasteiger partial charge in [0.25, 0.3) is 0 Å². The highest BCUT2D eigenvalue weighted by atomic mass is 16.5. The van der Waals surface area contributed by atoms with Crippen molar-refractivity contribution in [1.29, 1.82) is 5.26 Å². The molecule has 4 rings (SSSR count). The number of nitrogens with zero attached hydrogens (tertiary/aromatic N) is 5. The van der Waals surface area contributed by atoms with Crippen molar-refractivity contribution in [2.45, 2.75) is 19.5 Å². The lowest BCUT2D eigenvalue weighted by Gasteiger charge is -2.30. The number of aromatic nitrogens is 3. The number of rotatable bonds is 6. The Morgan fingerprint density at radius 3 is 2.89 bits per heavy atom. The standard InChI is InChI=1S/C20H22N6O/c1-27-10-8-22-19-17(11-21)16-7-9-25(12-15-5-3-2-4-6-15)13-18(16)20-24-23-14-26(19)20/h2-6,14,22H,7-10,12-13H2,1H3. The molecule has 0 saturated carbocycles. The molecule has 2 aromatic heterocycles. The molecule has 0 saturated heterocycles. The summed E-state index contributed by atoms with van der Waals surface area (Å²) in [6, 6.07) is 12.9. The molecule has 0 spiro atoms. The summed E-state index contributed by atoms with van der Waals surface area (Å²) >= 11 is 0. The summed E-state index contributed by atoms with van der Waals surface area (Å²) in [5.41, 5.74) is 4.98. The Balaban J connectivity index is 1.69. The Kier molecular flexibility index (Phi) is 5.01. The zero-order chi connectivity index (χ0) is 18.6. The van der Waals surface area contributed by atoms with Crippen LogP contribution in [0.3, 0.4) is 0 Å². The van der Waals surface area contributed by atoms with Crippen LogP contribution in [0.2, 0.25) is 0 Å². The number of methoxy groups -OCH3 is 1. The van der Waals surface area contributed by atoms with E-state index in [1.165, 1.54) is 5.56 Å². The fourth-order valence-corrected chi connectivity index (χ4v) is 3.71. The smallest absolute Gasteiger partial charge is 0.167 e. The lowest BCUT2D eigenvalue weighted by atomic mass is 9.95. The molecule has 0 unspecified atom stereocenters. The van der Waals surface area contributed by atoms with Gasteiger partial charge < -0.3 is 10.1 Å². The minimum absolute atomic E-state index is 0.566. The third kappa shape index (κ3) is 3.37. The van der Waals surface area contributed by atoms with Gasteiger partial charge in [0.05, 0.1) is 12.2 Å². The SMILES string of the molecule is COCCNc1c(C#N)c2c(c3nncn13)CN(Cc1ccccc1)CC2. The van der Waals surface area contributed by atoms with Gasteiger partial charge in [0.1, 0.15) is 18.2 Å². The summed E-state index contributed by atoms with van der Waals surface area (Å²) < 4.78 is 7.01. The zero-order valence-corrected chi connectivity index (χ0v) is 15.4. The van der Waals surface area contributed by atoms with E-state index in [1.54, 1.807) is 13.4 Å². The predicted octanol–water partition coefficient (Wildman–Crippen LogP) is 2.22. The number of anilines is 1. The fraction of sp³-hybridized carbons (Fsp3) is 0.350. The predicted molar refractivity (Wildman–Crippen MR) is 102 cm³/mol. The lowest BCUT2D eigenvalue weighted by Crippen LogP contribution is -2.31. The highest BCUT2D eigenvalue weighted by Crippen LogP contribution is 2.31. The number of ether oxygens (including phenoxy) is 1. The first-order valence-electron chi connectivity index (χ1n) is 9.08. The molecule has 1 aliphatic heterocycles. The number of nitrogens with one attached hydrogen (secondary N) is 1. The van der Waals surface area contributed by atoms with Crippen LogP contribution in [0.25, 0.3) is 5.65 Å². The van der Waals surface area contributed by atoms with Crippen LogP contribution < -0.4 is 5.32 Å². The van der Waals surface area contributed by atoms with E-state index in [0.29, 0.717) is 18.7 Å². The Labute approximate surface area is 158 Å². The molecule has 138 valence electrons. The van der Waals surface area contributed by atoms with Crippen LogP contribution in [-0.2, 0) is 24.2 Å². The van der Waals surface area contributed by atoms with E-state index in [4.69, 9.17) is 4.74 Å². The van der Waals surface area contributed by atoms with Crippen LogP contribution in [0.1, 0.15) is 22.3 Å². The van der Waals surface area contributed by atoms with Crippen molar-refractivity contribution in [3.8, 4) is 6.07 Å². The van der Waals surface area contributed by atoms with Crippen LogP contribution in [0.5, 0.6) is 0 Å². The fourth-order valence-electron chi connectivity index (χ4n) is 3.71. The molecule has 3 aromatic rings. The molecule has 27 heavy (non-hydrogen) atoms. The summed E-state index contributed by atoms with van der Waals surface area (Å²) in [6.07, 6.45) is 2.50. The summed E-state index contributed by atoms with van der Waals surface area (Å²) in [7, 11) is 1.66. The van der Waals surface area contributed by atoms with Crippen molar-refractivity contribution in [2.24, 2.45) is 0 Å². The van der Waals surface area contributed by atoms with Gasteiger partial charge in [0.2, 0.25) is 0 Å². The van der Waals surface area contributed by atoms with Gasteiger partial charge in [0.15, 0.2) is 5.65 Å². The molecule has 3 heterocycles. The number of benzene rings is 1. The number of nitriles is 1. The third-order valence-electron chi connectivity index (χ3n) is 4.98. The maximum Gasteiger partial charge on any atom is 0.167 e. The van der Waals surface area contributed by atoms with Gasteiger partial charge in [-0.05, 0) is 17.5 Å². The molecular formula is C20H22N6O. The first-order valence-corrected chi connectivity index (χ1v) is 9.08. The minimum Gasteiger partial charge on any atom is -0.383 e. The molecule has 0 atom stereocenters. The normalized spacial score (nSPS) is 14.1. The number of hydrogen-bond acceptors (Lipinski definition) is 6. The highest BCUT2D eigenvalue weighted by molar-refractivity contribution is 5.68. The van der Waals surface area contributed by atoms with Gasteiger partial charge >= 0.3 is 0 Å². The number of fused-ring (bicyclic) bond motifs is 3. The average Bonchev–Trinajstić information content (AvgIpc) is 3.19. The summed E-state index contributed by atoms with van der Waals surface area (Å²) in [4.78, 5) is 2.39. The molecule has 0 aliphatic carbocycles. The maximum atomic E-state index is 9.84. The van der Waals surface area contributed by atoms with Crippen LogP contribution in [-0.4, -0.2) is 46.3 Å². The minimum atomic E-state index is 0.566. The third-order valence-corrected chi connectivity index (χ3v) is 4.98. The van der Waals surface area contributed by atoms with Gasteiger partial charge in [-0.25, -0.2) is 0 Å². The average molecular weight is 362 g/mol. The first kappa shape index (κ1) is 17.5. The molecule has 0 radical (unpaired) electrons. The molecule has 7 heteroatoms. The van der Waals surface area contributed by atoms with E-state index in [0.717, 1.165) is 48.6 Å². The van der Waals surface area contributed by atoms with Crippen LogP contribution in [0.4, 0.5) is 5.82 Å². The van der Waals surface area contributed by atoms with Crippen LogP contribution in [0, 0.1) is 11.3 Å². The van der Waals surface area contributed by atoms with E-state index in [9.17, 15) is 5.26 Å². The number of pyridine rings is 1. The molecule has 1 N–H and O–H groups in total. The second-order valence-electron chi connectivity index (χ2n) is 6.68.